The molecule has 0 bridgehead atoms. The van der Waals surface area contributed by atoms with E-state index in [1.807, 2.05) is 60.7 Å². The summed E-state index contributed by atoms with van der Waals surface area (Å²) < 4.78 is 28.8. The lowest BCUT2D eigenvalue weighted by Crippen LogP contribution is -2.34. The molecule has 5 heteroatoms. The van der Waals surface area contributed by atoms with Crippen LogP contribution < -0.4 is 0 Å². The van der Waals surface area contributed by atoms with Crippen molar-refractivity contribution in [2.75, 3.05) is 6.54 Å². The van der Waals surface area contributed by atoms with Crippen molar-refractivity contribution in [3.05, 3.63) is 84.4 Å². The van der Waals surface area contributed by atoms with Gasteiger partial charge in [-0.1, -0.05) is 66.7 Å². The molecule has 1 unspecified atom stereocenters. The highest BCUT2D eigenvalue weighted by atomic mass is 32.2. The standard InChI is InChI=1S/C18H20N2O2S/c1-2-18-15-19(13-16-9-5-3-6-10-16)23(21,22)20(18)14-17-11-7-4-8-12-17/h2-12,18H,1,13-15H2. The Kier molecular flexibility index (Phi) is 4.61. The molecular formula is C18H20N2O2S. The molecule has 1 atom stereocenters. The topological polar surface area (TPSA) is 40.6 Å². The summed E-state index contributed by atoms with van der Waals surface area (Å²) in [5, 5.41) is 0. The minimum Gasteiger partial charge on any atom is -0.195 e. The van der Waals surface area contributed by atoms with Gasteiger partial charge in [-0.05, 0) is 11.1 Å². The van der Waals surface area contributed by atoms with Crippen LogP contribution in [0.15, 0.2) is 73.3 Å². The Morgan fingerprint density at radius 2 is 1.48 bits per heavy atom. The number of benzene rings is 2. The van der Waals surface area contributed by atoms with Gasteiger partial charge in [0.05, 0.1) is 6.04 Å². The summed E-state index contributed by atoms with van der Waals surface area (Å²) in [5.74, 6) is 0. The van der Waals surface area contributed by atoms with Crippen molar-refractivity contribution in [2.24, 2.45) is 0 Å². The molecule has 1 aliphatic heterocycles. The first-order valence-electron chi connectivity index (χ1n) is 7.58. The van der Waals surface area contributed by atoms with Crippen LogP contribution in [0.25, 0.3) is 0 Å². The molecule has 0 radical (unpaired) electrons. The number of nitrogens with zero attached hydrogens (tertiary/aromatic N) is 2. The maximum absolute atomic E-state index is 12.9. The molecule has 3 rings (SSSR count). The fourth-order valence-corrected chi connectivity index (χ4v) is 4.56. The van der Waals surface area contributed by atoms with E-state index in [1.54, 1.807) is 6.08 Å². The molecule has 2 aromatic carbocycles. The van der Waals surface area contributed by atoms with Crippen LogP contribution in [0.1, 0.15) is 11.1 Å². The highest BCUT2D eigenvalue weighted by molar-refractivity contribution is 7.87. The fraction of sp³-hybridized carbons (Fsp3) is 0.222. The van der Waals surface area contributed by atoms with E-state index in [4.69, 9.17) is 0 Å². The number of hydrogen-bond acceptors (Lipinski definition) is 2. The van der Waals surface area contributed by atoms with E-state index in [0.29, 0.717) is 19.6 Å². The molecule has 2 aromatic rings. The highest BCUT2D eigenvalue weighted by Gasteiger charge is 2.42. The van der Waals surface area contributed by atoms with Crippen molar-refractivity contribution in [1.82, 2.24) is 8.61 Å². The molecule has 0 amide bonds. The molecule has 23 heavy (non-hydrogen) atoms. The Balaban J connectivity index is 1.83. The monoisotopic (exact) mass is 328 g/mol. The van der Waals surface area contributed by atoms with E-state index < -0.39 is 10.2 Å². The number of rotatable bonds is 5. The Morgan fingerprint density at radius 3 is 2.00 bits per heavy atom. The van der Waals surface area contributed by atoms with Gasteiger partial charge >= 0.3 is 0 Å². The highest BCUT2D eigenvalue weighted by Crippen LogP contribution is 2.27. The van der Waals surface area contributed by atoms with Gasteiger partial charge in [0.2, 0.25) is 0 Å². The minimum absolute atomic E-state index is 0.205. The molecule has 1 heterocycles. The van der Waals surface area contributed by atoms with Gasteiger partial charge in [0.25, 0.3) is 10.2 Å². The summed E-state index contributed by atoms with van der Waals surface area (Å²) in [6, 6.07) is 19.1. The Labute approximate surface area is 137 Å². The first kappa shape index (κ1) is 15.9. The third-order valence-electron chi connectivity index (χ3n) is 4.04. The molecule has 1 fully saturated rings. The zero-order chi connectivity index (χ0) is 16.3. The third kappa shape index (κ3) is 3.37. The largest absolute Gasteiger partial charge is 0.283 e. The van der Waals surface area contributed by atoms with Crippen LogP contribution in [-0.4, -0.2) is 29.6 Å². The lowest BCUT2D eigenvalue weighted by atomic mass is 10.2. The minimum atomic E-state index is -3.49. The lowest BCUT2D eigenvalue weighted by Gasteiger charge is -2.20. The van der Waals surface area contributed by atoms with Crippen LogP contribution in [0.4, 0.5) is 0 Å². The maximum Gasteiger partial charge on any atom is 0.283 e. The zero-order valence-corrected chi connectivity index (χ0v) is 13.7. The summed E-state index contributed by atoms with van der Waals surface area (Å²) in [6.07, 6.45) is 1.71. The van der Waals surface area contributed by atoms with E-state index in [0.717, 1.165) is 11.1 Å². The van der Waals surface area contributed by atoms with Gasteiger partial charge in [0.15, 0.2) is 0 Å². The molecule has 0 saturated carbocycles. The van der Waals surface area contributed by atoms with Gasteiger partial charge < -0.3 is 0 Å². The van der Waals surface area contributed by atoms with E-state index in [-0.39, 0.29) is 6.04 Å². The van der Waals surface area contributed by atoms with Gasteiger partial charge in [0.1, 0.15) is 0 Å². The van der Waals surface area contributed by atoms with E-state index >= 15 is 0 Å². The summed E-state index contributed by atoms with van der Waals surface area (Å²) in [7, 11) is -3.49. The van der Waals surface area contributed by atoms with Crippen LogP contribution in [0.2, 0.25) is 0 Å². The van der Waals surface area contributed by atoms with Gasteiger partial charge in [-0.15, -0.1) is 6.58 Å². The summed E-state index contributed by atoms with van der Waals surface area (Å²) in [6.45, 7) is 5.00. The predicted molar refractivity (Wildman–Crippen MR) is 91.7 cm³/mol. The van der Waals surface area contributed by atoms with Crippen LogP contribution in [0, 0.1) is 0 Å². The van der Waals surface area contributed by atoms with Crippen molar-refractivity contribution >= 4 is 10.2 Å². The Bertz CT molecular complexity index is 760. The molecule has 0 spiro atoms. The van der Waals surface area contributed by atoms with Gasteiger partial charge in [-0.3, -0.25) is 0 Å². The number of hydrogen-bond donors (Lipinski definition) is 0. The normalized spacial score (nSPS) is 21.3. The SMILES string of the molecule is C=CC1CN(Cc2ccccc2)S(=O)(=O)N1Cc1ccccc1. The van der Waals surface area contributed by atoms with Crippen LogP contribution >= 0.6 is 0 Å². The first-order chi connectivity index (χ1) is 11.1. The molecule has 0 N–H and O–H groups in total. The molecule has 1 aliphatic rings. The van der Waals surface area contributed by atoms with Crippen molar-refractivity contribution in [1.29, 1.82) is 0 Å². The van der Waals surface area contributed by atoms with Crippen LogP contribution in [0.5, 0.6) is 0 Å². The smallest absolute Gasteiger partial charge is 0.195 e. The van der Waals surface area contributed by atoms with E-state index in [2.05, 4.69) is 6.58 Å². The first-order valence-corrected chi connectivity index (χ1v) is 8.98. The lowest BCUT2D eigenvalue weighted by molar-refractivity contribution is 0.387. The molecule has 4 nitrogen and oxygen atoms in total. The quantitative estimate of drug-likeness (QED) is 0.792. The van der Waals surface area contributed by atoms with Crippen LogP contribution in [-0.2, 0) is 23.3 Å². The van der Waals surface area contributed by atoms with Crippen molar-refractivity contribution in [3.63, 3.8) is 0 Å². The van der Waals surface area contributed by atoms with Crippen molar-refractivity contribution in [3.8, 4) is 0 Å². The third-order valence-corrected chi connectivity index (χ3v) is 5.96. The molecule has 1 saturated heterocycles. The second kappa shape index (κ2) is 6.66. The second-order valence-electron chi connectivity index (χ2n) is 5.62. The molecule has 0 aliphatic carbocycles. The Morgan fingerprint density at radius 1 is 0.957 bits per heavy atom. The predicted octanol–water partition coefficient (Wildman–Crippen LogP) is 2.80. The van der Waals surface area contributed by atoms with Gasteiger partial charge in [-0.2, -0.15) is 17.0 Å². The summed E-state index contributed by atoms with van der Waals surface area (Å²) in [5.41, 5.74) is 1.96. The zero-order valence-electron chi connectivity index (χ0n) is 12.9. The van der Waals surface area contributed by atoms with E-state index in [9.17, 15) is 8.42 Å². The molecular weight excluding hydrogens is 308 g/mol. The fourth-order valence-electron chi connectivity index (χ4n) is 2.80. The average Bonchev–Trinajstić information content (AvgIpc) is 2.81. The van der Waals surface area contributed by atoms with Crippen LogP contribution in [0.3, 0.4) is 0 Å². The average molecular weight is 328 g/mol. The summed E-state index contributed by atoms with van der Waals surface area (Å²) >= 11 is 0. The molecule has 0 aromatic heterocycles. The Hall–Kier alpha value is -1.95. The van der Waals surface area contributed by atoms with Crippen molar-refractivity contribution < 1.29 is 8.42 Å². The van der Waals surface area contributed by atoms with E-state index in [1.165, 1.54) is 8.61 Å². The maximum atomic E-state index is 12.9. The van der Waals surface area contributed by atoms with Gasteiger partial charge in [-0.25, -0.2) is 0 Å². The molecule has 120 valence electrons. The summed E-state index contributed by atoms with van der Waals surface area (Å²) in [4.78, 5) is 0. The van der Waals surface area contributed by atoms with Gasteiger partial charge in [0, 0.05) is 19.6 Å². The van der Waals surface area contributed by atoms with Crippen molar-refractivity contribution in [2.45, 2.75) is 19.1 Å². The second-order valence-corrected chi connectivity index (χ2v) is 7.50.